The Morgan fingerprint density at radius 3 is 2.38 bits per heavy atom. The van der Waals surface area contributed by atoms with Gasteiger partial charge in [0.1, 0.15) is 12.4 Å². The zero-order valence-corrected chi connectivity index (χ0v) is 17.2. The summed E-state index contributed by atoms with van der Waals surface area (Å²) in [4.78, 5) is 0. The Hall–Kier alpha value is -1.01. The lowest BCUT2D eigenvalue weighted by molar-refractivity contribution is 0.191. The van der Waals surface area contributed by atoms with Crippen molar-refractivity contribution in [3.05, 3.63) is 64.7 Å². The maximum absolute atomic E-state index is 9.16. The fourth-order valence-corrected chi connectivity index (χ4v) is 2.34. The SMILES string of the molecule is CC(O)CNCCNCc1cccc(OCc2ccc(Cl)cc2)c1.Cl.Cl. The largest absolute Gasteiger partial charge is 0.489 e. The molecule has 2 aromatic rings. The van der Waals surface area contributed by atoms with Crippen LogP contribution in [0.4, 0.5) is 0 Å². The quantitative estimate of drug-likeness (QED) is 0.510. The van der Waals surface area contributed by atoms with E-state index in [1.807, 2.05) is 42.5 Å². The highest BCUT2D eigenvalue weighted by Crippen LogP contribution is 2.16. The average molecular weight is 422 g/mol. The second-order valence-corrected chi connectivity index (χ2v) is 6.23. The Morgan fingerprint density at radius 2 is 1.69 bits per heavy atom. The fourth-order valence-electron chi connectivity index (χ4n) is 2.21. The number of nitrogens with one attached hydrogen (secondary N) is 2. The van der Waals surface area contributed by atoms with E-state index < -0.39 is 0 Å². The number of benzene rings is 2. The number of hydrogen-bond acceptors (Lipinski definition) is 4. The summed E-state index contributed by atoms with van der Waals surface area (Å²) < 4.78 is 5.83. The van der Waals surface area contributed by atoms with E-state index in [2.05, 4.69) is 16.7 Å². The number of rotatable bonds is 10. The minimum Gasteiger partial charge on any atom is -0.489 e. The van der Waals surface area contributed by atoms with Crippen LogP contribution in [0.2, 0.25) is 5.02 Å². The third-order valence-corrected chi connectivity index (χ3v) is 3.72. The monoisotopic (exact) mass is 420 g/mol. The molecule has 2 rings (SSSR count). The van der Waals surface area contributed by atoms with Crippen molar-refractivity contribution >= 4 is 36.4 Å². The van der Waals surface area contributed by atoms with Crippen molar-refractivity contribution in [2.24, 2.45) is 0 Å². The molecule has 0 spiro atoms. The molecule has 3 N–H and O–H groups in total. The van der Waals surface area contributed by atoms with Gasteiger partial charge in [0.25, 0.3) is 0 Å². The molecule has 0 aromatic heterocycles. The van der Waals surface area contributed by atoms with Crippen LogP contribution >= 0.6 is 36.4 Å². The molecule has 0 saturated carbocycles. The Bertz CT molecular complexity index is 610. The van der Waals surface area contributed by atoms with Crippen molar-refractivity contribution in [3.63, 3.8) is 0 Å². The molecule has 7 heteroatoms. The summed E-state index contributed by atoms with van der Waals surface area (Å²) in [6.45, 7) is 5.39. The average Bonchev–Trinajstić information content (AvgIpc) is 2.58. The molecular weight excluding hydrogens is 395 g/mol. The summed E-state index contributed by atoms with van der Waals surface area (Å²) in [5, 5.41) is 16.4. The van der Waals surface area contributed by atoms with Crippen molar-refractivity contribution in [1.82, 2.24) is 10.6 Å². The molecule has 2 aromatic carbocycles. The first-order chi connectivity index (χ1) is 11.6. The van der Waals surface area contributed by atoms with Gasteiger partial charge in [0.15, 0.2) is 0 Å². The smallest absolute Gasteiger partial charge is 0.120 e. The Morgan fingerprint density at radius 1 is 1.00 bits per heavy atom. The summed E-state index contributed by atoms with van der Waals surface area (Å²) >= 11 is 5.88. The minimum atomic E-state index is -0.306. The maximum atomic E-state index is 9.16. The van der Waals surface area contributed by atoms with E-state index in [0.717, 1.165) is 36.0 Å². The van der Waals surface area contributed by atoms with Crippen molar-refractivity contribution in [3.8, 4) is 5.75 Å². The van der Waals surface area contributed by atoms with Gasteiger partial charge in [0, 0.05) is 31.2 Å². The highest BCUT2D eigenvalue weighted by atomic mass is 35.5. The number of ether oxygens (including phenoxy) is 1. The lowest BCUT2D eigenvalue weighted by Gasteiger charge is -2.10. The standard InChI is InChI=1S/C19H25ClN2O2.2ClH/c1-15(23)12-21-9-10-22-13-17-3-2-4-19(11-17)24-14-16-5-7-18(20)8-6-16;;/h2-8,11,15,21-23H,9-10,12-14H2,1H3;2*1H. The maximum Gasteiger partial charge on any atom is 0.120 e. The molecule has 26 heavy (non-hydrogen) atoms. The molecule has 0 aliphatic carbocycles. The molecule has 0 heterocycles. The van der Waals surface area contributed by atoms with Gasteiger partial charge in [-0.25, -0.2) is 0 Å². The molecule has 4 nitrogen and oxygen atoms in total. The molecule has 0 aliphatic heterocycles. The summed E-state index contributed by atoms with van der Waals surface area (Å²) in [6.07, 6.45) is -0.306. The van der Waals surface area contributed by atoms with E-state index in [1.54, 1.807) is 6.92 Å². The minimum absolute atomic E-state index is 0. The van der Waals surface area contributed by atoms with E-state index in [4.69, 9.17) is 21.4 Å². The number of halogens is 3. The molecule has 146 valence electrons. The van der Waals surface area contributed by atoms with Gasteiger partial charge in [-0.15, -0.1) is 24.8 Å². The first-order valence-electron chi connectivity index (χ1n) is 8.19. The molecule has 0 bridgehead atoms. The Balaban J connectivity index is 0.00000312. The van der Waals surface area contributed by atoms with E-state index in [-0.39, 0.29) is 30.9 Å². The van der Waals surface area contributed by atoms with E-state index >= 15 is 0 Å². The van der Waals surface area contributed by atoms with Crippen molar-refractivity contribution in [1.29, 1.82) is 0 Å². The van der Waals surface area contributed by atoms with Gasteiger partial charge in [0.05, 0.1) is 6.10 Å². The van der Waals surface area contributed by atoms with Gasteiger partial charge < -0.3 is 20.5 Å². The van der Waals surface area contributed by atoms with Crippen LogP contribution in [0.1, 0.15) is 18.1 Å². The lowest BCUT2D eigenvalue weighted by Crippen LogP contribution is -2.31. The molecule has 0 amide bonds. The van der Waals surface area contributed by atoms with Gasteiger partial charge >= 0.3 is 0 Å². The number of aliphatic hydroxyl groups excluding tert-OH is 1. The second-order valence-electron chi connectivity index (χ2n) is 5.79. The molecule has 0 radical (unpaired) electrons. The number of aliphatic hydroxyl groups is 1. The summed E-state index contributed by atoms with van der Waals surface area (Å²) in [7, 11) is 0. The number of hydrogen-bond donors (Lipinski definition) is 3. The van der Waals surface area contributed by atoms with Crippen LogP contribution in [0.15, 0.2) is 48.5 Å². The molecule has 0 fully saturated rings. The lowest BCUT2D eigenvalue weighted by atomic mass is 10.2. The fraction of sp³-hybridized carbons (Fsp3) is 0.368. The zero-order valence-electron chi connectivity index (χ0n) is 14.8. The Labute approximate surface area is 173 Å². The second kappa shape index (κ2) is 14.1. The van der Waals surface area contributed by atoms with E-state index in [1.165, 1.54) is 5.56 Å². The van der Waals surface area contributed by atoms with Crippen LogP contribution < -0.4 is 15.4 Å². The highest BCUT2D eigenvalue weighted by Gasteiger charge is 1.99. The zero-order chi connectivity index (χ0) is 17.2. The van der Waals surface area contributed by atoms with Crippen molar-refractivity contribution in [2.45, 2.75) is 26.2 Å². The molecule has 0 saturated heterocycles. The van der Waals surface area contributed by atoms with Crippen LogP contribution in [0.3, 0.4) is 0 Å². The summed E-state index contributed by atoms with van der Waals surface area (Å²) in [5.74, 6) is 0.858. The molecule has 1 unspecified atom stereocenters. The Kier molecular flexibility index (Phi) is 13.6. The van der Waals surface area contributed by atoms with Crippen LogP contribution in [-0.2, 0) is 13.2 Å². The molecule has 1 atom stereocenters. The van der Waals surface area contributed by atoms with Gasteiger partial charge in [-0.05, 0) is 42.3 Å². The predicted octanol–water partition coefficient (Wildman–Crippen LogP) is 3.82. The van der Waals surface area contributed by atoms with E-state index in [9.17, 15) is 0 Å². The molecule has 0 aliphatic rings. The third-order valence-electron chi connectivity index (χ3n) is 3.46. The summed E-state index contributed by atoms with van der Waals surface area (Å²) in [5.41, 5.74) is 2.27. The van der Waals surface area contributed by atoms with Crippen LogP contribution in [0, 0.1) is 0 Å². The highest BCUT2D eigenvalue weighted by molar-refractivity contribution is 6.30. The normalized spacial score (nSPS) is 11.2. The first kappa shape index (κ1) is 25.0. The van der Waals surface area contributed by atoms with Crippen molar-refractivity contribution < 1.29 is 9.84 Å². The third kappa shape index (κ3) is 10.2. The predicted molar refractivity (Wildman–Crippen MR) is 113 cm³/mol. The first-order valence-corrected chi connectivity index (χ1v) is 8.57. The van der Waals surface area contributed by atoms with Crippen LogP contribution in [0.5, 0.6) is 5.75 Å². The van der Waals surface area contributed by atoms with Crippen molar-refractivity contribution in [2.75, 3.05) is 19.6 Å². The van der Waals surface area contributed by atoms with Gasteiger partial charge in [-0.2, -0.15) is 0 Å². The van der Waals surface area contributed by atoms with Crippen LogP contribution in [0.25, 0.3) is 0 Å². The topological polar surface area (TPSA) is 53.5 Å². The summed E-state index contributed by atoms with van der Waals surface area (Å²) in [6, 6.07) is 15.8. The van der Waals surface area contributed by atoms with Gasteiger partial charge in [-0.1, -0.05) is 35.9 Å². The molecular formula is C19H27Cl3N2O2. The van der Waals surface area contributed by atoms with Gasteiger partial charge in [0.2, 0.25) is 0 Å². The van der Waals surface area contributed by atoms with Gasteiger partial charge in [-0.3, -0.25) is 0 Å². The van der Waals surface area contributed by atoms with E-state index in [0.29, 0.717) is 13.2 Å². The van der Waals surface area contributed by atoms with Crippen LogP contribution in [-0.4, -0.2) is 30.8 Å².